The van der Waals surface area contributed by atoms with Crippen molar-refractivity contribution in [1.29, 1.82) is 5.26 Å². The fourth-order valence-corrected chi connectivity index (χ4v) is 4.86. The van der Waals surface area contributed by atoms with E-state index in [-0.39, 0.29) is 30.4 Å². The van der Waals surface area contributed by atoms with Crippen LogP contribution in [0, 0.1) is 11.3 Å². The van der Waals surface area contributed by atoms with Crippen LogP contribution < -0.4 is 29.4 Å². The quantitative estimate of drug-likeness (QED) is 0.165. The van der Waals surface area contributed by atoms with Gasteiger partial charge < -0.3 is 29.4 Å². The summed E-state index contributed by atoms with van der Waals surface area (Å²) >= 11 is 12.3. The fourth-order valence-electron chi connectivity index (χ4n) is 4.40. The lowest BCUT2D eigenvalue weighted by Gasteiger charge is -2.27. The number of carbonyl (C=O) groups is 1. The fraction of sp³-hybridized carbons (Fsp3) is 0.125. The minimum atomic E-state index is -0.606. The highest BCUT2D eigenvalue weighted by Gasteiger charge is 2.31. The summed E-state index contributed by atoms with van der Waals surface area (Å²) in [6, 6.07) is 26.4. The van der Waals surface area contributed by atoms with Gasteiger partial charge in [0.05, 0.1) is 13.0 Å². The Morgan fingerprint density at radius 3 is 2.43 bits per heavy atom. The van der Waals surface area contributed by atoms with E-state index in [1.807, 2.05) is 24.3 Å². The molecule has 8 nitrogen and oxygen atoms in total. The minimum Gasteiger partial charge on any atom is -0.497 e. The van der Waals surface area contributed by atoms with Crippen LogP contribution in [-0.4, -0.2) is 19.7 Å². The number of fused-ring (bicyclic) bond motifs is 1. The molecule has 1 atom stereocenters. The van der Waals surface area contributed by atoms with Crippen LogP contribution in [0.4, 0.5) is 0 Å². The molecule has 0 amide bonds. The van der Waals surface area contributed by atoms with Crippen molar-refractivity contribution in [3.63, 3.8) is 0 Å². The molecule has 42 heavy (non-hydrogen) atoms. The van der Waals surface area contributed by atoms with Crippen LogP contribution >= 0.6 is 23.2 Å². The van der Waals surface area contributed by atoms with Gasteiger partial charge in [0, 0.05) is 27.2 Å². The van der Waals surface area contributed by atoms with Crippen molar-refractivity contribution in [3.8, 4) is 34.8 Å². The van der Waals surface area contributed by atoms with E-state index in [0.717, 1.165) is 11.1 Å². The first-order valence-corrected chi connectivity index (χ1v) is 13.5. The molecule has 5 rings (SSSR count). The van der Waals surface area contributed by atoms with Crippen molar-refractivity contribution < 1.29 is 28.5 Å². The van der Waals surface area contributed by atoms with Crippen molar-refractivity contribution in [2.24, 2.45) is 5.73 Å². The molecule has 1 aliphatic rings. The number of hydrogen-bond donors (Lipinski definition) is 1. The molecule has 0 saturated heterocycles. The average Bonchev–Trinajstić information content (AvgIpc) is 2.99. The van der Waals surface area contributed by atoms with Crippen LogP contribution in [0.2, 0.25) is 10.0 Å². The summed E-state index contributed by atoms with van der Waals surface area (Å²) in [5.74, 6) is 1.15. The number of methoxy groups -OCH3 is 1. The first-order valence-electron chi connectivity index (χ1n) is 12.7. The third-order valence-corrected chi connectivity index (χ3v) is 7.03. The molecule has 0 spiro atoms. The lowest BCUT2D eigenvalue weighted by atomic mass is 9.83. The minimum absolute atomic E-state index is 0.0411. The summed E-state index contributed by atoms with van der Waals surface area (Å²) in [6.07, 6.45) is 0. The van der Waals surface area contributed by atoms with Gasteiger partial charge in [0.25, 0.3) is 0 Å². The molecule has 212 valence electrons. The lowest BCUT2D eigenvalue weighted by Crippen LogP contribution is -2.21. The summed E-state index contributed by atoms with van der Waals surface area (Å²) in [7, 11) is 1.56. The Bertz CT molecular complexity index is 1700. The molecule has 0 radical (unpaired) electrons. The summed E-state index contributed by atoms with van der Waals surface area (Å²) in [6.45, 7) is -0.0780. The molecule has 1 unspecified atom stereocenters. The molecule has 1 aliphatic heterocycles. The van der Waals surface area contributed by atoms with Crippen LogP contribution in [0.3, 0.4) is 0 Å². The van der Waals surface area contributed by atoms with Gasteiger partial charge in [-0.05, 0) is 60.2 Å². The predicted octanol–water partition coefficient (Wildman–Crippen LogP) is 6.78. The topological polar surface area (TPSA) is 113 Å². The number of allylic oxidation sites excluding steroid dienone is 1. The Morgan fingerprint density at radius 2 is 1.69 bits per heavy atom. The number of benzene rings is 4. The van der Waals surface area contributed by atoms with Gasteiger partial charge in [-0.25, -0.2) is 4.79 Å². The maximum Gasteiger partial charge on any atom is 0.349 e. The number of hydrogen-bond acceptors (Lipinski definition) is 8. The Morgan fingerprint density at radius 1 is 0.929 bits per heavy atom. The van der Waals surface area contributed by atoms with Crippen LogP contribution in [0.1, 0.15) is 22.6 Å². The van der Waals surface area contributed by atoms with E-state index >= 15 is 0 Å². The summed E-state index contributed by atoms with van der Waals surface area (Å²) in [4.78, 5) is 12.4. The average molecular weight is 603 g/mol. The van der Waals surface area contributed by atoms with Crippen molar-refractivity contribution in [1.82, 2.24) is 0 Å². The van der Waals surface area contributed by atoms with Crippen molar-refractivity contribution in [2.75, 3.05) is 13.7 Å². The molecule has 1 heterocycles. The maximum absolute atomic E-state index is 12.4. The molecule has 0 aliphatic carbocycles. The zero-order chi connectivity index (χ0) is 29.6. The van der Waals surface area contributed by atoms with E-state index in [9.17, 15) is 10.1 Å². The van der Waals surface area contributed by atoms with Gasteiger partial charge in [-0.2, -0.15) is 5.26 Å². The number of halogens is 2. The van der Waals surface area contributed by atoms with E-state index in [1.165, 1.54) is 0 Å². The van der Waals surface area contributed by atoms with Gasteiger partial charge in [0.1, 0.15) is 47.0 Å². The Hall–Kier alpha value is -4.84. The number of rotatable bonds is 9. The molecular weight excluding hydrogens is 579 g/mol. The Balaban J connectivity index is 1.32. The van der Waals surface area contributed by atoms with Gasteiger partial charge >= 0.3 is 5.97 Å². The van der Waals surface area contributed by atoms with Gasteiger partial charge in [-0.1, -0.05) is 47.5 Å². The Labute approximate surface area is 252 Å². The van der Waals surface area contributed by atoms with E-state index in [4.69, 9.17) is 52.6 Å². The van der Waals surface area contributed by atoms with Crippen molar-refractivity contribution in [3.05, 3.63) is 123 Å². The lowest BCUT2D eigenvalue weighted by molar-refractivity contribution is -0.136. The third-order valence-electron chi connectivity index (χ3n) is 6.44. The molecule has 4 aromatic carbocycles. The normalized spacial score (nSPS) is 13.8. The summed E-state index contributed by atoms with van der Waals surface area (Å²) < 4.78 is 27.8. The van der Waals surface area contributed by atoms with E-state index in [1.54, 1.807) is 67.8 Å². The molecule has 10 heteroatoms. The number of nitrogens with zero attached hydrogens (tertiary/aromatic N) is 1. The van der Waals surface area contributed by atoms with Crippen LogP contribution in [-0.2, 0) is 11.4 Å². The second-order valence-corrected chi connectivity index (χ2v) is 10.0. The van der Waals surface area contributed by atoms with Crippen molar-refractivity contribution in [2.45, 2.75) is 12.5 Å². The molecule has 4 aromatic rings. The van der Waals surface area contributed by atoms with Gasteiger partial charge in [-0.15, -0.1) is 0 Å². The summed E-state index contributed by atoms with van der Waals surface area (Å²) in [5.41, 5.74) is 8.62. The second-order valence-electron chi connectivity index (χ2n) is 9.16. The van der Waals surface area contributed by atoms with Crippen LogP contribution in [0.25, 0.3) is 0 Å². The first kappa shape index (κ1) is 28.7. The number of nitrogens with two attached hydrogens (primary N) is 1. The molecule has 2 N–H and O–H groups in total. The van der Waals surface area contributed by atoms with Gasteiger partial charge in [0.2, 0.25) is 5.88 Å². The maximum atomic E-state index is 12.4. The molecule has 0 bridgehead atoms. The first-order chi connectivity index (χ1) is 20.3. The highest BCUT2D eigenvalue weighted by molar-refractivity contribution is 6.35. The van der Waals surface area contributed by atoms with Crippen molar-refractivity contribution >= 4 is 29.2 Å². The standard InChI is InChI=1S/C32H24Cl2N2O6/c1-38-22-7-9-23(10-8-22)40-18-30(37)41-25-11-12-26-29(15-25)42-32(36)27(16-35)31(26)19-3-2-4-24(13-19)39-17-20-5-6-21(33)14-28(20)34/h2-15,31H,17-18,36H2,1H3. The smallest absolute Gasteiger partial charge is 0.349 e. The monoisotopic (exact) mass is 602 g/mol. The highest BCUT2D eigenvalue weighted by Crippen LogP contribution is 2.44. The molecule has 0 aromatic heterocycles. The van der Waals surface area contributed by atoms with Gasteiger partial charge in [0.15, 0.2) is 6.61 Å². The number of nitriles is 1. The summed E-state index contributed by atoms with van der Waals surface area (Å²) in [5, 5.41) is 11.0. The highest BCUT2D eigenvalue weighted by atomic mass is 35.5. The van der Waals surface area contributed by atoms with E-state index in [2.05, 4.69) is 6.07 Å². The number of carbonyl (C=O) groups excluding carboxylic acids is 1. The Kier molecular flexibility index (Phi) is 8.72. The van der Waals surface area contributed by atoms with Gasteiger partial charge in [-0.3, -0.25) is 0 Å². The van der Waals surface area contributed by atoms with E-state index < -0.39 is 11.9 Å². The SMILES string of the molecule is COc1ccc(OCC(=O)Oc2ccc3c(c2)OC(N)=C(C#N)C3c2cccc(OCc3ccc(Cl)cc3Cl)c2)cc1. The number of esters is 1. The largest absolute Gasteiger partial charge is 0.497 e. The zero-order valence-corrected chi connectivity index (χ0v) is 23.8. The van der Waals surface area contributed by atoms with Crippen LogP contribution in [0.15, 0.2) is 96.4 Å². The predicted molar refractivity (Wildman–Crippen MR) is 157 cm³/mol. The zero-order valence-electron chi connectivity index (χ0n) is 22.3. The third kappa shape index (κ3) is 6.55. The van der Waals surface area contributed by atoms with E-state index in [0.29, 0.717) is 38.6 Å². The second kappa shape index (κ2) is 12.8. The van der Waals surface area contributed by atoms with Crippen LogP contribution in [0.5, 0.6) is 28.7 Å². The molecule has 0 fully saturated rings. The number of ether oxygens (including phenoxy) is 5. The molecular formula is C32H24Cl2N2O6. The molecule has 0 saturated carbocycles.